The van der Waals surface area contributed by atoms with Gasteiger partial charge in [0.05, 0.1) is 5.69 Å². The summed E-state index contributed by atoms with van der Waals surface area (Å²) >= 11 is 0. The van der Waals surface area contributed by atoms with E-state index in [9.17, 15) is 9.59 Å². The van der Waals surface area contributed by atoms with Crippen LogP contribution in [0.15, 0.2) is 30.5 Å². The van der Waals surface area contributed by atoms with Crippen molar-refractivity contribution in [1.82, 2.24) is 15.1 Å². The number of rotatable bonds is 3. The number of hydrogen-bond donors (Lipinski definition) is 1. The third kappa shape index (κ3) is 2.47. The summed E-state index contributed by atoms with van der Waals surface area (Å²) < 4.78 is 1.93. The summed E-state index contributed by atoms with van der Waals surface area (Å²) in [6.45, 7) is 5.24. The van der Waals surface area contributed by atoms with E-state index in [0.29, 0.717) is 13.0 Å². The zero-order valence-corrected chi connectivity index (χ0v) is 12.7. The van der Waals surface area contributed by atoms with Crippen LogP contribution >= 0.6 is 0 Å². The van der Waals surface area contributed by atoms with Gasteiger partial charge in [0.25, 0.3) is 0 Å². The first kappa shape index (κ1) is 14.3. The molecule has 0 aliphatic carbocycles. The van der Waals surface area contributed by atoms with Gasteiger partial charge in [-0.25, -0.2) is 4.79 Å². The second-order valence-corrected chi connectivity index (χ2v) is 5.29. The fourth-order valence-corrected chi connectivity index (χ4v) is 2.74. The smallest absolute Gasteiger partial charge is 0.293 e. The van der Waals surface area contributed by atoms with Crippen LogP contribution in [0.2, 0.25) is 0 Å². The van der Waals surface area contributed by atoms with Gasteiger partial charge in [-0.2, -0.15) is 5.10 Å². The van der Waals surface area contributed by atoms with Crippen molar-refractivity contribution in [2.75, 3.05) is 11.4 Å². The maximum absolute atomic E-state index is 12.0. The molecule has 2 heterocycles. The zero-order chi connectivity index (χ0) is 15.7. The Kier molecular flexibility index (Phi) is 3.66. The number of aryl methyl sites for hydroxylation is 2. The molecule has 0 spiro atoms. The van der Waals surface area contributed by atoms with E-state index in [2.05, 4.69) is 10.4 Å². The first-order chi connectivity index (χ1) is 10.6. The molecule has 0 radical (unpaired) electrons. The number of nitrogens with one attached hydrogen (secondary N) is 1. The summed E-state index contributed by atoms with van der Waals surface area (Å²) in [5.74, 6) is -0.220. The van der Waals surface area contributed by atoms with Crippen LogP contribution in [-0.4, -0.2) is 28.3 Å². The lowest BCUT2D eigenvalue weighted by Crippen LogP contribution is -2.49. The first-order valence-electron chi connectivity index (χ1n) is 7.34. The van der Waals surface area contributed by atoms with E-state index in [0.717, 1.165) is 29.1 Å². The maximum Gasteiger partial charge on any atom is 0.328 e. The summed E-state index contributed by atoms with van der Waals surface area (Å²) in [6.07, 6.45) is 2.11. The van der Waals surface area contributed by atoms with Crippen LogP contribution in [0.1, 0.15) is 18.9 Å². The minimum Gasteiger partial charge on any atom is -0.293 e. The number of imide groups is 1. The highest BCUT2D eigenvalue weighted by atomic mass is 16.2. The topological polar surface area (TPSA) is 67.2 Å². The molecule has 1 aliphatic heterocycles. The van der Waals surface area contributed by atoms with Crippen molar-refractivity contribution in [2.24, 2.45) is 0 Å². The van der Waals surface area contributed by atoms with Crippen molar-refractivity contribution in [1.29, 1.82) is 0 Å². The molecule has 1 aliphatic rings. The molecule has 22 heavy (non-hydrogen) atoms. The van der Waals surface area contributed by atoms with Crippen LogP contribution in [0, 0.1) is 6.92 Å². The van der Waals surface area contributed by atoms with Crippen molar-refractivity contribution >= 4 is 17.6 Å². The van der Waals surface area contributed by atoms with E-state index in [-0.39, 0.29) is 11.9 Å². The highest BCUT2D eigenvalue weighted by Crippen LogP contribution is 2.28. The Morgan fingerprint density at radius 3 is 2.77 bits per heavy atom. The van der Waals surface area contributed by atoms with Gasteiger partial charge in [-0.05, 0) is 37.6 Å². The molecular formula is C16H18N4O2. The highest BCUT2D eigenvalue weighted by molar-refractivity contribution is 6.06. The lowest BCUT2D eigenvalue weighted by atomic mass is 10.1. The summed E-state index contributed by atoms with van der Waals surface area (Å²) in [6, 6.07) is 7.57. The molecule has 6 heteroatoms. The normalized spacial score (nSPS) is 15.1. The SMILES string of the molecule is CCn1nccc1-c1ccc(N2CCC(=O)NC2=O)c(C)c1. The molecule has 3 amide bonds. The van der Waals surface area contributed by atoms with Crippen LogP contribution < -0.4 is 10.2 Å². The fraction of sp³-hybridized carbons (Fsp3) is 0.312. The number of nitrogens with zero attached hydrogens (tertiary/aromatic N) is 3. The van der Waals surface area contributed by atoms with Gasteiger partial charge < -0.3 is 0 Å². The minimum absolute atomic E-state index is 0.220. The van der Waals surface area contributed by atoms with Gasteiger partial charge in [-0.15, -0.1) is 0 Å². The number of benzene rings is 1. The van der Waals surface area contributed by atoms with Crippen molar-refractivity contribution in [3.63, 3.8) is 0 Å². The molecule has 0 unspecified atom stereocenters. The first-order valence-corrected chi connectivity index (χ1v) is 7.34. The average molecular weight is 298 g/mol. The molecule has 1 fully saturated rings. The van der Waals surface area contributed by atoms with Crippen molar-refractivity contribution in [2.45, 2.75) is 26.8 Å². The summed E-state index contributed by atoms with van der Waals surface area (Å²) in [5.41, 5.74) is 3.94. The van der Waals surface area contributed by atoms with Crippen LogP contribution in [0.4, 0.5) is 10.5 Å². The number of carbonyl (C=O) groups excluding carboxylic acids is 2. The van der Waals surface area contributed by atoms with Crippen LogP contribution in [0.5, 0.6) is 0 Å². The zero-order valence-electron chi connectivity index (χ0n) is 12.7. The van der Waals surface area contributed by atoms with Crippen molar-refractivity contribution < 1.29 is 9.59 Å². The number of aromatic nitrogens is 2. The van der Waals surface area contributed by atoms with Gasteiger partial charge >= 0.3 is 6.03 Å². The summed E-state index contributed by atoms with van der Waals surface area (Å²) in [4.78, 5) is 24.8. The van der Waals surface area contributed by atoms with E-state index in [1.807, 2.05) is 42.8 Å². The van der Waals surface area contributed by atoms with E-state index in [1.54, 1.807) is 11.1 Å². The third-order valence-electron chi connectivity index (χ3n) is 3.85. The van der Waals surface area contributed by atoms with Crippen LogP contribution in [-0.2, 0) is 11.3 Å². The fourth-order valence-electron chi connectivity index (χ4n) is 2.74. The lowest BCUT2D eigenvalue weighted by Gasteiger charge is -2.28. The molecule has 0 atom stereocenters. The molecular weight excluding hydrogens is 280 g/mol. The third-order valence-corrected chi connectivity index (χ3v) is 3.85. The molecule has 114 valence electrons. The second kappa shape index (κ2) is 5.63. The quantitative estimate of drug-likeness (QED) is 0.945. The Labute approximate surface area is 128 Å². The van der Waals surface area contributed by atoms with Crippen LogP contribution in [0.25, 0.3) is 11.3 Å². The van der Waals surface area contributed by atoms with Crippen molar-refractivity contribution in [3.05, 3.63) is 36.0 Å². The summed E-state index contributed by atoms with van der Waals surface area (Å²) in [7, 11) is 0. The Balaban J connectivity index is 1.93. The van der Waals surface area contributed by atoms with E-state index >= 15 is 0 Å². The molecule has 1 N–H and O–H groups in total. The summed E-state index contributed by atoms with van der Waals surface area (Å²) in [5, 5.41) is 6.63. The second-order valence-electron chi connectivity index (χ2n) is 5.29. The minimum atomic E-state index is -0.356. The Morgan fingerprint density at radius 1 is 1.27 bits per heavy atom. The predicted molar refractivity (Wildman–Crippen MR) is 83.6 cm³/mol. The Bertz CT molecular complexity index is 735. The van der Waals surface area contributed by atoms with Gasteiger partial charge in [-0.1, -0.05) is 6.07 Å². The van der Waals surface area contributed by atoms with Gasteiger partial charge in [-0.3, -0.25) is 19.7 Å². The molecule has 0 bridgehead atoms. The van der Waals surface area contributed by atoms with Gasteiger partial charge in [0.2, 0.25) is 5.91 Å². The molecule has 1 aromatic heterocycles. The monoisotopic (exact) mass is 298 g/mol. The number of urea groups is 1. The highest BCUT2D eigenvalue weighted by Gasteiger charge is 2.25. The molecule has 3 rings (SSSR count). The van der Waals surface area contributed by atoms with E-state index < -0.39 is 0 Å². The molecule has 2 aromatic rings. The van der Waals surface area contributed by atoms with Crippen molar-refractivity contribution in [3.8, 4) is 11.3 Å². The predicted octanol–water partition coefficient (Wildman–Crippen LogP) is 2.32. The molecule has 6 nitrogen and oxygen atoms in total. The number of carbonyl (C=O) groups is 2. The largest absolute Gasteiger partial charge is 0.328 e. The molecule has 1 aromatic carbocycles. The maximum atomic E-state index is 12.0. The van der Waals surface area contributed by atoms with E-state index in [1.165, 1.54) is 0 Å². The number of anilines is 1. The lowest BCUT2D eigenvalue weighted by molar-refractivity contribution is -0.120. The molecule has 1 saturated heterocycles. The van der Waals surface area contributed by atoms with Gasteiger partial charge in [0.1, 0.15) is 0 Å². The van der Waals surface area contributed by atoms with Gasteiger partial charge in [0, 0.05) is 37.0 Å². The number of amides is 3. The van der Waals surface area contributed by atoms with Crippen LogP contribution in [0.3, 0.4) is 0 Å². The Hall–Kier alpha value is -2.63. The standard InChI is InChI=1S/C16H18N4O2/c1-3-20-14(6-8-17-20)12-4-5-13(11(2)10-12)19-9-7-15(21)18-16(19)22/h4-6,8,10H,3,7,9H2,1-2H3,(H,18,21,22). The van der Waals surface area contributed by atoms with Gasteiger partial charge in [0.15, 0.2) is 0 Å². The average Bonchev–Trinajstić information content (AvgIpc) is 2.96. The molecule has 0 saturated carbocycles. The van der Waals surface area contributed by atoms with E-state index in [4.69, 9.17) is 0 Å². The number of hydrogen-bond acceptors (Lipinski definition) is 3. The Morgan fingerprint density at radius 2 is 2.09 bits per heavy atom.